The first-order chi connectivity index (χ1) is 8.81. The standard InChI is InChI=1S/C13H19N3O2/c14-9-12(11-5-4-6-15-10-11)18-13(17)16-7-2-1-3-8-16/h4-6,10,12H,1-3,7-9,14H2. The first-order valence-electron chi connectivity index (χ1n) is 6.37. The van der Waals surface area contributed by atoms with Crippen LogP contribution in [0.3, 0.4) is 0 Å². The SMILES string of the molecule is NCC(OC(=O)N1CCCCC1)c1cccnc1. The third-order valence-electron chi connectivity index (χ3n) is 3.13. The number of piperidine rings is 1. The van der Waals surface area contributed by atoms with Gasteiger partial charge in [0.05, 0.1) is 0 Å². The van der Waals surface area contributed by atoms with Crippen molar-refractivity contribution in [3.63, 3.8) is 0 Å². The van der Waals surface area contributed by atoms with E-state index in [1.807, 2.05) is 12.1 Å². The van der Waals surface area contributed by atoms with E-state index in [4.69, 9.17) is 10.5 Å². The number of likely N-dealkylation sites (tertiary alicyclic amines) is 1. The van der Waals surface area contributed by atoms with Crippen molar-refractivity contribution in [3.8, 4) is 0 Å². The number of aromatic nitrogens is 1. The summed E-state index contributed by atoms with van der Waals surface area (Å²) in [6.07, 6.45) is 5.98. The predicted octanol–water partition coefficient (Wildman–Crippen LogP) is 1.70. The summed E-state index contributed by atoms with van der Waals surface area (Å²) < 4.78 is 5.45. The number of carbonyl (C=O) groups is 1. The van der Waals surface area contributed by atoms with Crippen LogP contribution in [0.4, 0.5) is 4.79 Å². The molecule has 0 aliphatic carbocycles. The van der Waals surface area contributed by atoms with Crippen molar-refractivity contribution in [1.29, 1.82) is 0 Å². The van der Waals surface area contributed by atoms with Gasteiger partial charge >= 0.3 is 6.09 Å². The van der Waals surface area contributed by atoms with E-state index in [0.717, 1.165) is 31.5 Å². The van der Waals surface area contributed by atoms with E-state index in [0.29, 0.717) is 0 Å². The summed E-state index contributed by atoms with van der Waals surface area (Å²) in [5.41, 5.74) is 6.50. The number of nitrogens with zero attached hydrogens (tertiary/aromatic N) is 2. The second kappa shape index (κ2) is 6.35. The normalized spacial score (nSPS) is 17.3. The van der Waals surface area contributed by atoms with Gasteiger partial charge in [0.15, 0.2) is 0 Å². The van der Waals surface area contributed by atoms with Gasteiger partial charge in [0, 0.05) is 37.6 Å². The number of rotatable bonds is 3. The molecule has 5 nitrogen and oxygen atoms in total. The molecule has 1 saturated heterocycles. The molecule has 1 atom stereocenters. The van der Waals surface area contributed by atoms with Crippen LogP contribution in [0.2, 0.25) is 0 Å². The Balaban J connectivity index is 1.95. The Kier molecular flexibility index (Phi) is 4.52. The zero-order valence-corrected chi connectivity index (χ0v) is 10.4. The first kappa shape index (κ1) is 12.8. The van der Waals surface area contributed by atoms with Gasteiger partial charge in [-0.1, -0.05) is 6.07 Å². The van der Waals surface area contributed by atoms with Gasteiger partial charge < -0.3 is 15.4 Å². The molecular formula is C13H19N3O2. The van der Waals surface area contributed by atoms with E-state index in [2.05, 4.69) is 4.98 Å². The van der Waals surface area contributed by atoms with Crippen LogP contribution in [-0.4, -0.2) is 35.6 Å². The van der Waals surface area contributed by atoms with Crippen molar-refractivity contribution in [2.24, 2.45) is 5.73 Å². The number of hydrogen-bond donors (Lipinski definition) is 1. The average molecular weight is 249 g/mol. The molecule has 1 amide bonds. The Morgan fingerprint density at radius 3 is 2.83 bits per heavy atom. The van der Waals surface area contributed by atoms with Crippen LogP contribution in [0.15, 0.2) is 24.5 Å². The van der Waals surface area contributed by atoms with Gasteiger partial charge in [-0.3, -0.25) is 4.98 Å². The van der Waals surface area contributed by atoms with Gasteiger partial charge in [0.25, 0.3) is 0 Å². The number of carbonyl (C=O) groups excluding carboxylic acids is 1. The third-order valence-corrected chi connectivity index (χ3v) is 3.13. The monoisotopic (exact) mass is 249 g/mol. The summed E-state index contributed by atoms with van der Waals surface area (Å²) in [6, 6.07) is 3.68. The summed E-state index contributed by atoms with van der Waals surface area (Å²) in [5.74, 6) is 0. The summed E-state index contributed by atoms with van der Waals surface area (Å²) >= 11 is 0. The number of hydrogen-bond acceptors (Lipinski definition) is 4. The van der Waals surface area contributed by atoms with Crippen LogP contribution >= 0.6 is 0 Å². The summed E-state index contributed by atoms with van der Waals surface area (Å²) in [7, 11) is 0. The van der Waals surface area contributed by atoms with Crippen LogP contribution in [0.5, 0.6) is 0 Å². The highest BCUT2D eigenvalue weighted by atomic mass is 16.6. The van der Waals surface area contributed by atoms with Gasteiger partial charge in [0.1, 0.15) is 6.10 Å². The Morgan fingerprint density at radius 1 is 1.44 bits per heavy atom. The van der Waals surface area contributed by atoms with Gasteiger partial charge in [-0.2, -0.15) is 0 Å². The second-order valence-corrected chi connectivity index (χ2v) is 4.44. The molecule has 0 radical (unpaired) electrons. The van der Waals surface area contributed by atoms with Crippen LogP contribution in [-0.2, 0) is 4.74 Å². The van der Waals surface area contributed by atoms with E-state index in [1.54, 1.807) is 17.3 Å². The zero-order chi connectivity index (χ0) is 12.8. The molecule has 2 heterocycles. The van der Waals surface area contributed by atoms with Crippen LogP contribution in [0.1, 0.15) is 30.9 Å². The molecule has 18 heavy (non-hydrogen) atoms. The molecule has 2 N–H and O–H groups in total. The molecule has 0 bridgehead atoms. The molecule has 1 aromatic rings. The molecule has 5 heteroatoms. The molecule has 0 aromatic carbocycles. The van der Waals surface area contributed by atoms with Gasteiger partial charge in [0.2, 0.25) is 0 Å². The summed E-state index contributed by atoms with van der Waals surface area (Å²) in [4.78, 5) is 17.7. The summed E-state index contributed by atoms with van der Waals surface area (Å²) in [6.45, 7) is 1.83. The summed E-state index contributed by atoms with van der Waals surface area (Å²) in [5, 5.41) is 0. The predicted molar refractivity (Wildman–Crippen MR) is 67.9 cm³/mol. The van der Waals surface area contributed by atoms with Gasteiger partial charge in [-0.05, 0) is 25.3 Å². The highest BCUT2D eigenvalue weighted by Gasteiger charge is 2.22. The minimum absolute atomic E-state index is 0.269. The third kappa shape index (κ3) is 3.20. The fourth-order valence-electron chi connectivity index (χ4n) is 2.09. The highest BCUT2D eigenvalue weighted by molar-refractivity contribution is 5.68. The maximum atomic E-state index is 12.0. The van der Waals surface area contributed by atoms with Crippen LogP contribution in [0.25, 0.3) is 0 Å². The molecule has 98 valence electrons. The van der Waals surface area contributed by atoms with Crippen molar-refractivity contribution < 1.29 is 9.53 Å². The molecule has 1 fully saturated rings. The molecule has 1 aliphatic rings. The smallest absolute Gasteiger partial charge is 0.410 e. The van der Waals surface area contributed by atoms with E-state index in [-0.39, 0.29) is 12.6 Å². The van der Waals surface area contributed by atoms with E-state index >= 15 is 0 Å². The topological polar surface area (TPSA) is 68.5 Å². The maximum absolute atomic E-state index is 12.0. The Morgan fingerprint density at radius 2 is 2.22 bits per heavy atom. The van der Waals surface area contributed by atoms with Crippen LogP contribution in [0, 0.1) is 0 Å². The fraction of sp³-hybridized carbons (Fsp3) is 0.538. The van der Waals surface area contributed by atoms with Gasteiger partial charge in [-0.25, -0.2) is 4.79 Å². The number of ether oxygens (including phenoxy) is 1. The van der Waals surface area contributed by atoms with Crippen molar-refractivity contribution in [2.75, 3.05) is 19.6 Å². The lowest BCUT2D eigenvalue weighted by Gasteiger charge is -2.28. The van der Waals surface area contributed by atoms with E-state index < -0.39 is 6.10 Å². The van der Waals surface area contributed by atoms with Crippen molar-refractivity contribution in [1.82, 2.24) is 9.88 Å². The van der Waals surface area contributed by atoms with E-state index in [9.17, 15) is 4.79 Å². The molecular weight excluding hydrogens is 230 g/mol. The molecule has 2 rings (SSSR count). The molecule has 1 aliphatic heterocycles. The Labute approximate surface area is 107 Å². The van der Waals surface area contributed by atoms with Crippen molar-refractivity contribution in [2.45, 2.75) is 25.4 Å². The number of pyridine rings is 1. The quantitative estimate of drug-likeness (QED) is 0.885. The number of nitrogens with two attached hydrogens (primary N) is 1. The van der Waals surface area contributed by atoms with Crippen LogP contribution < -0.4 is 5.73 Å². The zero-order valence-electron chi connectivity index (χ0n) is 10.4. The molecule has 0 spiro atoms. The fourth-order valence-corrected chi connectivity index (χ4v) is 2.09. The average Bonchev–Trinajstić information content (AvgIpc) is 2.46. The number of amides is 1. The minimum Gasteiger partial charge on any atom is -0.440 e. The Hall–Kier alpha value is -1.62. The highest BCUT2D eigenvalue weighted by Crippen LogP contribution is 2.18. The van der Waals surface area contributed by atoms with Gasteiger partial charge in [-0.15, -0.1) is 0 Å². The molecule has 1 aromatic heterocycles. The lowest BCUT2D eigenvalue weighted by Crippen LogP contribution is -2.37. The maximum Gasteiger partial charge on any atom is 0.410 e. The first-order valence-corrected chi connectivity index (χ1v) is 6.37. The minimum atomic E-state index is -0.409. The van der Waals surface area contributed by atoms with Crippen molar-refractivity contribution >= 4 is 6.09 Å². The lowest BCUT2D eigenvalue weighted by molar-refractivity contribution is 0.0602. The van der Waals surface area contributed by atoms with E-state index in [1.165, 1.54) is 6.42 Å². The van der Waals surface area contributed by atoms with Crippen molar-refractivity contribution in [3.05, 3.63) is 30.1 Å². The largest absolute Gasteiger partial charge is 0.440 e. The molecule has 1 unspecified atom stereocenters. The second-order valence-electron chi connectivity index (χ2n) is 4.44. The molecule has 0 saturated carbocycles. The Bertz CT molecular complexity index is 377. The lowest BCUT2D eigenvalue weighted by atomic mass is 10.1.